The molecule has 0 heterocycles. The molecule has 0 spiro atoms. The van der Waals surface area contributed by atoms with Crippen LogP contribution in [0.25, 0.3) is 0 Å². The average molecular weight is 371 g/mol. The lowest BCUT2D eigenvalue weighted by Crippen LogP contribution is -2.32. The number of carbonyl (C=O) groups excluding carboxylic acids is 1. The smallest absolute Gasteiger partial charge is 0.422 e. The van der Waals surface area contributed by atoms with Crippen molar-refractivity contribution in [1.82, 2.24) is 5.32 Å². The normalized spacial score (nSPS) is 12.2. The highest BCUT2D eigenvalue weighted by molar-refractivity contribution is 5.85. The summed E-state index contributed by atoms with van der Waals surface area (Å²) in [5.74, 6) is -0.200. The van der Waals surface area contributed by atoms with Crippen molar-refractivity contribution in [3.63, 3.8) is 0 Å². The summed E-state index contributed by atoms with van der Waals surface area (Å²) in [5, 5.41) is 2.62. The van der Waals surface area contributed by atoms with Crippen LogP contribution in [0.4, 0.5) is 13.2 Å². The summed E-state index contributed by atoms with van der Waals surface area (Å²) < 4.78 is 46.7. The third kappa shape index (κ3) is 8.37. The first-order valence-electron chi connectivity index (χ1n) is 7.03. The van der Waals surface area contributed by atoms with E-state index in [1.807, 2.05) is 0 Å². The average Bonchev–Trinajstić information content (AvgIpc) is 2.48. The number of hydrogen-bond acceptors (Lipinski definition) is 4. The minimum absolute atomic E-state index is 0. The maximum absolute atomic E-state index is 12.3. The molecule has 0 fully saturated rings. The molecule has 1 atom stereocenters. The fourth-order valence-corrected chi connectivity index (χ4v) is 1.84. The van der Waals surface area contributed by atoms with Crippen LogP contribution in [0, 0.1) is 6.92 Å². The van der Waals surface area contributed by atoms with Gasteiger partial charge in [0.2, 0.25) is 5.91 Å². The Morgan fingerprint density at radius 1 is 1.38 bits per heavy atom. The highest BCUT2D eigenvalue weighted by Crippen LogP contribution is 2.23. The molecule has 0 aliphatic rings. The monoisotopic (exact) mass is 370 g/mol. The second-order valence-corrected chi connectivity index (χ2v) is 5.09. The molecule has 0 aliphatic carbocycles. The molecule has 1 rings (SSSR count). The minimum atomic E-state index is -4.42. The van der Waals surface area contributed by atoms with Crippen LogP contribution in [-0.4, -0.2) is 38.4 Å². The number of amides is 1. The first-order valence-corrected chi connectivity index (χ1v) is 7.03. The molecule has 1 amide bonds. The summed E-state index contributed by atoms with van der Waals surface area (Å²) in [6, 6.07) is 4.86. The summed E-state index contributed by atoms with van der Waals surface area (Å²) >= 11 is 0. The van der Waals surface area contributed by atoms with Gasteiger partial charge in [-0.1, -0.05) is 12.1 Å². The van der Waals surface area contributed by atoms with Crippen LogP contribution < -0.4 is 15.8 Å². The Balaban J connectivity index is 0.00000529. The van der Waals surface area contributed by atoms with Gasteiger partial charge in [0, 0.05) is 25.8 Å². The molecular formula is C15H22ClF3N2O3. The number of nitrogens with one attached hydrogen (secondary N) is 1. The second kappa shape index (κ2) is 10.4. The number of aryl methyl sites for hydroxylation is 1. The first kappa shape index (κ1) is 22.5. The standard InChI is InChI=1S/C15H21F3N2O3.ClH/c1-10-3-4-11(13(5-10)23-9-15(16,17)18)8-20-14(21)6-12(7-19)22-2;/h3-5,12H,6-9,19H2,1-2H3,(H,20,21);1H. The van der Waals surface area contributed by atoms with Crippen LogP contribution in [0.3, 0.4) is 0 Å². The molecule has 24 heavy (non-hydrogen) atoms. The van der Waals surface area contributed by atoms with Gasteiger partial charge in [0.1, 0.15) is 5.75 Å². The molecule has 9 heteroatoms. The molecular weight excluding hydrogens is 349 g/mol. The molecule has 0 aliphatic heterocycles. The summed E-state index contributed by atoms with van der Waals surface area (Å²) in [6.07, 6.45) is -4.73. The van der Waals surface area contributed by atoms with Crippen molar-refractivity contribution in [3.8, 4) is 5.75 Å². The molecule has 0 saturated carbocycles. The quantitative estimate of drug-likeness (QED) is 0.736. The van der Waals surface area contributed by atoms with Crippen LogP contribution in [0.15, 0.2) is 18.2 Å². The molecule has 0 aromatic heterocycles. The Labute approximate surface area is 145 Å². The number of hydrogen-bond donors (Lipinski definition) is 2. The number of halogens is 4. The van der Waals surface area contributed by atoms with Crippen molar-refractivity contribution in [3.05, 3.63) is 29.3 Å². The van der Waals surface area contributed by atoms with E-state index in [9.17, 15) is 18.0 Å². The highest BCUT2D eigenvalue weighted by Gasteiger charge is 2.28. The Morgan fingerprint density at radius 3 is 2.58 bits per heavy atom. The van der Waals surface area contributed by atoms with E-state index in [2.05, 4.69) is 5.32 Å². The summed E-state index contributed by atoms with van der Waals surface area (Å²) in [6.45, 7) is 0.630. The van der Waals surface area contributed by atoms with E-state index >= 15 is 0 Å². The Morgan fingerprint density at radius 2 is 2.04 bits per heavy atom. The number of carbonyl (C=O) groups is 1. The van der Waals surface area contributed by atoms with Gasteiger partial charge in [-0.2, -0.15) is 13.2 Å². The zero-order valence-corrected chi connectivity index (χ0v) is 14.3. The molecule has 0 radical (unpaired) electrons. The maximum Gasteiger partial charge on any atom is 0.422 e. The lowest BCUT2D eigenvalue weighted by Gasteiger charge is -2.16. The van der Waals surface area contributed by atoms with Gasteiger partial charge in [0.15, 0.2) is 6.61 Å². The van der Waals surface area contributed by atoms with Gasteiger partial charge in [-0.05, 0) is 18.6 Å². The van der Waals surface area contributed by atoms with Gasteiger partial charge < -0.3 is 20.5 Å². The van der Waals surface area contributed by atoms with Crippen LogP contribution in [0.5, 0.6) is 5.75 Å². The van der Waals surface area contributed by atoms with E-state index in [1.165, 1.54) is 13.2 Å². The zero-order valence-electron chi connectivity index (χ0n) is 13.5. The SMILES string of the molecule is COC(CN)CC(=O)NCc1ccc(C)cc1OCC(F)(F)F.Cl. The number of benzene rings is 1. The van der Waals surface area contributed by atoms with E-state index in [0.717, 1.165) is 5.56 Å². The molecule has 138 valence electrons. The second-order valence-electron chi connectivity index (χ2n) is 5.09. The van der Waals surface area contributed by atoms with Crippen molar-refractivity contribution < 1.29 is 27.4 Å². The Bertz CT molecular complexity index is 523. The predicted molar refractivity (Wildman–Crippen MR) is 86.3 cm³/mol. The van der Waals surface area contributed by atoms with Crippen LogP contribution in [0.1, 0.15) is 17.5 Å². The largest absolute Gasteiger partial charge is 0.484 e. The van der Waals surface area contributed by atoms with Crippen LogP contribution in [-0.2, 0) is 16.1 Å². The summed E-state index contributed by atoms with van der Waals surface area (Å²) in [4.78, 5) is 11.8. The van der Waals surface area contributed by atoms with Gasteiger partial charge in [-0.15, -0.1) is 12.4 Å². The minimum Gasteiger partial charge on any atom is -0.484 e. The van der Waals surface area contributed by atoms with Gasteiger partial charge >= 0.3 is 6.18 Å². The van der Waals surface area contributed by atoms with E-state index in [1.54, 1.807) is 19.1 Å². The van der Waals surface area contributed by atoms with E-state index in [0.29, 0.717) is 5.56 Å². The van der Waals surface area contributed by atoms with Gasteiger partial charge in [0.05, 0.1) is 12.5 Å². The fraction of sp³-hybridized carbons (Fsp3) is 0.533. The number of rotatable bonds is 8. The molecule has 0 bridgehead atoms. The summed E-state index contributed by atoms with van der Waals surface area (Å²) in [7, 11) is 1.45. The maximum atomic E-state index is 12.3. The third-order valence-corrected chi connectivity index (χ3v) is 3.10. The Kier molecular flexibility index (Phi) is 9.72. The van der Waals surface area contributed by atoms with E-state index in [4.69, 9.17) is 15.2 Å². The van der Waals surface area contributed by atoms with Crippen molar-refractivity contribution in [2.45, 2.75) is 32.2 Å². The predicted octanol–water partition coefficient (Wildman–Crippen LogP) is 2.34. The first-order chi connectivity index (χ1) is 10.7. The molecule has 3 N–H and O–H groups in total. The lowest BCUT2D eigenvalue weighted by molar-refractivity contribution is -0.153. The van der Waals surface area contributed by atoms with Crippen molar-refractivity contribution in [2.24, 2.45) is 5.73 Å². The molecule has 1 unspecified atom stereocenters. The Hall–Kier alpha value is -1.51. The number of nitrogens with two attached hydrogens (primary N) is 1. The van der Waals surface area contributed by atoms with Gasteiger partial charge in [0.25, 0.3) is 0 Å². The topological polar surface area (TPSA) is 73.6 Å². The third-order valence-electron chi connectivity index (χ3n) is 3.10. The van der Waals surface area contributed by atoms with Crippen molar-refractivity contribution in [1.29, 1.82) is 0 Å². The van der Waals surface area contributed by atoms with Crippen LogP contribution >= 0.6 is 12.4 Å². The van der Waals surface area contributed by atoms with Crippen molar-refractivity contribution >= 4 is 18.3 Å². The van der Waals surface area contributed by atoms with Gasteiger partial charge in [-0.3, -0.25) is 4.79 Å². The van der Waals surface area contributed by atoms with Gasteiger partial charge in [-0.25, -0.2) is 0 Å². The van der Waals surface area contributed by atoms with E-state index in [-0.39, 0.29) is 43.6 Å². The molecule has 1 aromatic carbocycles. The highest BCUT2D eigenvalue weighted by atomic mass is 35.5. The molecule has 0 saturated heterocycles. The number of methoxy groups -OCH3 is 1. The molecule has 5 nitrogen and oxygen atoms in total. The fourth-order valence-electron chi connectivity index (χ4n) is 1.84. The zero-order chi connectivity index (χ0) is 17.5. The number of alkyl halides is 3. The molecule has 1 aromatic rings. The number of ether oxygens (including phenoxy) is 2. The van der Waals surface area contributed by atoms with Crippen LogP contribution in [0.2, 0.25) is 0 Å². The van der Waals surface area contributed by atoms with E-state index < -0.39 is 18.9 Å². The summed E-state index contributed by atoms with van der Waals surface area (Å²) in [5.41, 5.74) is 6.66. The lowest BCUT2D eigenvalue weighted by atomic mass is 10.1. The van der Waals surface area contributed by atoms with Crippen molar-refractivity contribution in [2.75, 3.05) is 20.3 Å².